The van der Waals surface area contributed by atoms with Gasteiger partial charge in [0.1, 0.15) is 12.4 Å². The summed E-state index contributed by atoms with van der Waals surface area (Å²) in [5, 5.41) is 3.50. The highest BCUT2D eigenvalue weighted by atomic mass is 35.5. The summed E-state index contributed by atoms with van der Waals surface area (Å²) in [4.78, 5) is 31.2. The van der Waals surface area contributed by atoms with E-state index in [1.54, 1.807) is 25.5 Å². The second-order valence-corrected chi connectivity index (χ2v) is 13.9. The third kappa shape index (κ3) is 10.1. The lowest BCUT2D eigenvalue weighted by molar-refractivity contribution is 0.330. The zero-order valence-electron chi connectivity index (χ0n) is 32.8. The Morgan fingerprint density at radius 1 is 0.786 bits per heavy atom. The third-order valence-electron chi connectivity index (χ3n) is 8.81. The molecule has 2 aromatic heterocycles. The maximum absolute atomic E-state index is 6.66. The lowest BCUT2D eigenvalue weighted by atomic mass is 9.99. The number of anilines is 6. The summed E-state index contributed by atoms with van der Waals surface area (Å²) >= 11 is 6.07. The van der Waals surface area contributed by atoms with E-state index < -0.39 is 0 Å². The average Bonchev–Trinajstić information content (AvgIpc) is 3.16. The van der Waals surface area contributed by atoms with E-state index in [1.165, 1.54) is 0 Å². The molecule has 0 aliphatic heterocycles. The number of nitrogens with one attached hydrogen (secondary N) is 1. The minimum absolute atomic E-state index is 0.158. The molecule has 0 saturated heterocycles. The number of hydrogen-bond donors (Lipinski definition) is 4. The number of aliphatic imine (C=N–C) groups is 2. The number of nitrogen functional groups attached to an aromatic ring is 3. The number of hydrogen-bond acceptors (Lipinski definition) is 13. The van der Waals surface area contributed by atoms with Gasteiger partial charge in [-0.05, 0) is 93.2 Å². The zero-order chi connectivity index (χ0) is 40.5. The first-order valence-electron chi connectivity index (χ1n) is 17.9. The van der Waals surface area contributed by atoms with Crippen molar-refractivity contribution in [3.63, 3.8) is 0 Å². The standard InChI is InChI=1S/C42H49ClN12O/c1-25(2)39(47-5)29-21-28(10-11-31(29)44)35-14-16-50-42(52-35)53-36-23-33(46)37(55(8)19-18-54(6)7)24-38(36)56-20-17-48-40(26(3)4)30-22-27(9-12-32(30)45)34-13-15-49-41(43)51-34/h9-16,21-24H,1,3,17-20,44-46H2,2,4-8H3,(H,50,52,53). The van der Waals surface area contributed by atoms with Crippen molar-refractivity contribution in [2.45, 2.75) is 13.8 Å². The van der Waals surface area contributed by atoms with Crippen LogP contribution in [0.4, 0.5) is 34.4 Å². The number of likely N-dealkylation sites (N-methyl/N-ethyl adjacent to an activating group) is 2. The lowest BCUT2D eigenvalue weighted by Gasteiger charge is -2.25. The molecule has 0 aliphatic rings. The Morgan fingerprint density at radius 3 is 1.98 bits per heavy atom. The van der Waals surface area contributed by atoms with Crippen LogP contribution in [0, 0.1) is 0 Å². The summed E-state index contributed by atoms with van der Waals surface area (Å²) in [6.45, 7) is 14.2. The first-order valence-corrected chi connectivity index (χ1v) is 18.3. The van der Waals surface area contributed by atoms with Gasteiger partial charge in [-0.1, -0.05) is 25.3 Å². The molecule has 0 fully saturated rings. The number of halogens is 1. The van der Waals surface area contributed by atoms with Crippen molar-refractivity contribution in [1.82, 2.24) is 24.8 Å². The Morgan fingerprint density at radius 2 is 1.39 bits per heavy atom. The van der Waals surface area contributed by atoms with Gasteiger partial charge in [0.05, 0.1) is 46.4 Å². The topological polar surface area (TPSA) is 182 Å². The van der Waals surface area contributed by atoms with Crippen molar-refractivity contribution in [1.29, 1.82) is 0 Å². The SMILES string of the molecule is C=C(C)C(=NC)c1cc(-c2ccnc(Nc3cc(N)c(N(C)CCN(C)C)cc3OCCN=C(C(=C)C)c3cc(-c4ccnc(Cl)n4)ccc3N)n2)ccc1N. The van der Waals surface area contributed by atoms with E-state index >= 15 is 0 Å². The molecule has 0 unspecified atom stereocenters. The van der Waals surface area contributed by atoms with E-state index in [4.69, 9.17) is 43.5 Å². The molecule has 14 heteroatoms. The Bertz CT molecular complexity index is 2300. The van der Waals surface area contributed by atoms with Crippen molar-refractivity contribution >= 4 is 57.4 Å². The fraction of sp³-hybridized carbons (Fsp3) is 0.238. The minimum Gasteiger partial charge on any atom is -0.489 e. The number of nitrogens with two attached hydrogens (primary N) is 3. The zero-order valence-corrected chi connectivity index (χ0v) is 33.5. The number of nitrogens with zero attached hydrogens (tertiary/aromatic N) is 8. The molecule has 2 heterocycles. The largest absolute Gasteiger partial charge is 0.489 e. The molecule has 0 bridgehead atoms. The molecule has 290 valence electrons. The van der Waals surface area contributed by atoms with Crippen LogP contribution in [0.15, 0.2) is 107 Å². The van der Waals surface area contributed by atoms with Gasteiger partial charge in [-0.15, -0.1) is 0 Å². The molecule has 0 spiro atoms. The highest BCUT2D eigenvalue weighted by Crippen LogP contribution is 2.37. The van der Waals surface area contributed by atoms with Crippen molar-refractivity contribution < 1.29 is 4.74 Å². The molecule has 0 amide bonds. The number of rotatable bonds is 16. The van der Waals surface area contributed by atoms with Crippen LogP contribution in [0.3, 0.4) is 0 Å². The molecule has 3 aromatic carbocycles. The molecule has 13 nitrogen and oxygen atoms in total. The van der Waals surface area contributed by atoms with E-state index in [2.05, 4.69) is 48.2 Å². The molecule has 0 radical (unpaired) electrons. The molecule has 7 N–H and O–H groups in total. The molecule has 0 atom stereocenters. The van der Waals surface area contributed by atoms with Crippen LogP contribution in [0.1, 0.15) is 25.0 Å². The molecule has 5 rings (SSSR count). The Balaban J connectivity index is 1.44. The summed E-state index contributed by atoms with van der Waals surface area (Å²) in [7, 11) is 7.78. The second-order valence-electron chi connectivity index (χ2n) is 13.5. The third-order valence-corrected chi connectivity index (χ3v) is 8.99. The second kappa shape index (κ2) is 18.3. The van der Waals surface area contributed by atoms with Crippen LogP contribution in [0.2, 0.25) is 5.28 Å². The molecule has 0 saturated carbocycles. The van der Waals surface area contributed by atoms with E-state index in [9.17, 15) is 0 Å². The van der Waals surface area contributed by atoms with Crippen molar-refractivity contribution in [3.8, 4) is 28.3 Å². The average molecular weight is 773 g/mol. The molecule has 5 aromatic rings. The molecule has 56 heavy (non-hydrogen) atoms. The van der Waals surface area contributed by atoms with Crippen LogP contribution < -0.4 is 32.2 Å². The summed E-state index contributed by atoms with van der Waals surface area (Å²) < 4.78 is 6.44. The Hall–Kier alpha value is -6.31. The summed E-state index contributed by atoms with van der Waals surface area (Å²) in [6.07, 6.45) is 3.30. The molecular weight excluding hydrogens is 724 g/mol. The van der Waals surface area contributed by atoms with Gasteiger partial charge in [0.2, 0.25) is 11.2 Å². The van der Waals surface area contributed by atoms with Crippen LogP contribution >= 0.6 is 11.6 Å². The number of allylic oxidation sites excluding steroid dienone is 2. The predicted molar refractivity (Wildman–Crippen MR) is 234 cm³/mol. The summed E-state index contributed by atoms with van der Waals surface area (Å²) in [6, 6.07) is 18.7. The number of ether oxygens (including phenoxy) is 1. The van der Waals surface area contributed by atoms with E-state index in [1.807, 2.05) is 89.6 Å². The fourth-order valence-corrected chi connectivity index (χ4v) is 6.09. The summed E-state index contributed by atoms with van der Waals surface area (Å²) in [5.41, 5.74) is 30.1. The van der Waals surface area contributed by atoms with Gasteiger partial charge in [0.15, 0.2) is 0 Å². The normalized spacial score (nSPS) is 11.8. The maximum atomic E-state index is 6.66. The van der Waals surface area contributed by atoms with Crippen LogP contribution in [0.25, 0.3) is 22.5 Å². The van der Waals surface area contributed by atoms with Crippen LogP contribution in [0.5, 0.6) is 5.75 Å². The quantitative estimate of drug-likeness (QED) is 0.0345. The van der Waals surface area contributed by atoms with Gasteiger partial charge < -0.3 is 37.1 Å². The minimum atomic E-state index is 0.158. The highest BCUT2D eigenvalue weighted by Gasteiger charge is 2.17. The number of aromatic nitrogens is 4. The van der Waals surface area contributed by atoms with Gasteiger partial charge in [-0.25, -0.2) is 19.9 Å². The Kier molecular flexibility index (Phi) is 13.4. The van der Waals surface area contributed by atoms with Gasteiger partial charge >= 0.3 is 0 Å². The van der Waals surface area contributed by atoms with Crippen molar-refractivity contribution in [3.05, 3.63) is 114 Å². The smallest absolute Gasteiger partial charge is 0.227 e. The summed E-state index contributed by atoms with van der Waals surface area (Å²) in [5.74, 6) is 0.903. The van der Waals surface area contributed by atoms with Crippen LogP contribution in [-0.4, -0.2) is 90.7 Å². The molecular formula is C42H49ClN12O. The predicted octanol–water partition coefficient (Wildman–Crippen LogP) is 7.18. The van der Waals surface area contributed by atoms with Gasteiger partial charge in [0, 0.05) is 79.3 Å². The van der Waals surface area contributed by atoms with E-state index in [0.29, 0.717) is 58.1 Å². The van der Waals surface area contributed by atoms with Gasteiger partial charge in [-0.2, -0.15) is 0 Å². The van der Waals surface area contributed by atoms with E-state index in [-0.39, 0.29) is 11.9 Å². The maximum Gasteiger partial charge on any atom is 0.227 e. The first kappa shape index (κ1) is 40.9. The molecule has 0 aliphatic carbocycles. The van der Waals surface area contributed by atoms with Gasteiger partial charge in [-0.3, -0.25) is 9.98 Å². The van der Waals surface area contributed by atoms with Crippen molar-refractivity contribution in [2.24, 2.45) is 9.98 Å². The number of benzene rings is 3. The monoisotopic (exact) mass is 772 g/mol. The first-order chi connectivity index (χ1) is 26.7. The fourth-order valence-electron chi connectivity index (χ4n) is 5.95. The lowest BCUT2D eigenvalue weighted by Crippen LogP contribution is -2.29. The van der Waals surface area contributed by atoms with E-state index in [0.717, 1.165) is 57.9 Å². The highest BCUT2D eigenvalue weighted by molar-refractivity contribution is 6.28. The van der Waals surface area contributed by atoms with Crippen molar-refractivity contribution in [2.75, 3.05) is 81.8 Å². The van der Waals surface area contributed by atoms with Crippen LogP contribution in [-0.2, 0) is 0 Å². The van der Waals surface area contributed by atoms with Gasteiger partial charge in [0.25, 0.3) is 0 Å². The Labute approximate surface area is 333 Å².